The van der Waals surface area contributed by atoms with Gasteiger partial charge in [0.15, 0.2) is 56.8 Å². The number of fused-ring (bicyclic) bond motifs is 4. The van der Waals surface area contributed by atoms with Crippen LogP contribution in [-0.4, -0.2) is 183 Å². The molecule has 35 nitrogen and oxygen atoms in total. The first-order valence-corrected chi connectivity index (χ1v) is 45.7. The molecule has 0 atom stereocenters. The van der Waals surface area contributed by atoms with E-state index in [1.165, 1.54) is 57.3 Å². The fraction of sp³-hybridized carbons (Fsp3) is 0.289. The highest BCUT2D eigenvalue weighted by Gasteiger charge is 2.27. The number of ether oxygens (including phenoxy) is 3. The fourth-order valence-electron chi connectivity index (χ4n) is 9.74. The Morgan fingerprint density at radius 1 is 0.588 bits per heavy atom. The number of nitrogens with zero attached hydrogens (tertiary/aromatic N) is 15. The van der Waals surface area contributed by atoms with Crippen molar-refractivity contribution in [1.82, 2.24) is 84.0 Å². The van der Waals surface area contributed by atoms with Gasteiger partial charge in [-0.1, -0.05) is 93.1 Å². The van der Waals surface area contributed by atoms with E-state index >= 15 is 0 Å². The summed E-state index contributed by atoms with van der Waals surface area (Å²) < 4.78 is 107. The molecule has 13 aromatic rings. The highest BCUT2D eigenvalue weighted by molar-refractivity contribution is 7.98. The summed E-state index contributed by atoms with van der Waals surface area (Å²) >= 11 is 13.5. The van der Waals surface area contributed by atoms with Gasteiger partial charge in [0.05, 0.1) is 115 Å². The first-order valence-electron chi connectivity index (χ1n) is 35.2. The Balaban J connectivity index is 0.000000260. The van der Waals surface area contributed by atoms with E-state index in [1.807, 2.05) is 37.6 Å². The second-order valence-corrected chi connectivity index (χ2v) is 38.6. The van der Waals surface area contributed by atoms with Crippen molar-refractivity contribution in [1.29, 1.82) is 0 Å². The van der Waals surface area contributed by atoms with Crippen LogP contribution >= 0.6 is 54.5 Å². The van der Waals surface area contributed by atoms with Gasteiger partial charge in [0, 0.05) is 43.0 Å². The van der Waals surface area contributed by atoms with Gasteiger partial charge in [-0.15, -0.1) is 0 Å². The number of rotatable bonds is 18. The van der Waals surface area contributed by atoms with Gasteiger partial charge in [-0.05, 0) is 177 Å². The van der Waals surface area contributed by atoms with Crippen LogP contribution < -0.4 is 53.2 Å². The first-order chi connectivity index (χ1) is 55.4. The van der Waals surface area contributed by atoms with Crippen LogP contribution in [0.2, 0.25) is 5.28 Å². The van der Waals surface area contributed by atoms with Gasteiger partial charge in [0.1, 0.15) is 24.5 Å². The molecule has 11 N–H and O–H groups in total. The lowest BCUT2D eigenvalue weighted by atomic mass is 10.2. The molecule has 1 aliphatic rings. The zero-order valence-corrected chi connectivity index (χ0v) is 73.0. The van der Waals surface area contributed by atoms with Crippen LogP contribution in [0.3, 0.4) is 0 Å². The largest absolute Gasteiger partial charge is 0.495 e. The number of nitrogens with two attached hydrogens (primary N) is 3. The molecule has 0 unspecified atom stereocenters. The zero-order valence-electron chi connectivity index (χ0n) is 66.4. The van der Waals surface area contributed by atoms with E-state index in [2.05, 4.69) is 86.5 Å². The zero-order chi connectivity index (χ0) is 86.1. The van der Waals surface area contributed by atoms with Crippen LogP contribution in [0.1, 0.15) is 81.5 Å². The minimum absolute atomic E-state index is 0. The lowest BCUT2D eigenvalue weighted by Crippen LogP contribution is -2.40. The number of carbonyl (C=O) groups excluding carboxylic acids is 2. The molecule has 0 spiro atoms. The topological polar surface area (TPSA) is 483 Å². The van der Waals surface area contributed by atoms with E-state index in [9.17, 15) is 39.4 Å². The Labute approximate surface area is 710 Å². The number of hydrogen-bond donors (Lipinski definition) is 8. The third-order valence-electron chi connectivity index (χ3n) is 15.8. The number of nitrogens with one attached hydrogen (secondary N) is 5. The summed E-state index contributed by atoms with van der Waals surface area (Å²) in [6.45, 7) is 18.9. The van der Waals surface area contributed by atoms with Crippen molar-refractivity contribution in [2.45, 2.75) is 124 Å². The molecule has 0 saturated carbocycles. The van der Waals surface area contributed by atoms with E-state index in [0.717, 1.165) is 22.7 Å². The van der Waals surface area contributed by atoms with Crippen LogP contribution in [0.25, 0.3) is 16.9 Å². The number of halogens is 1. The number of nitrogen functional groups attached to an aromatic ring is 3. The molecule has 1 amide bonds. The van der Waals surface area contributed by atoms with Gasteiger partial charge in [-0.25, -0.2) is 40.0 Å². The van der Waals surface area contributed by atoms with Crippen LogP contribution in [0.5, 0.6) is 11.5 Å². The number of sulfone groups is 3. The summed E-state index contributed by atoms with van der Waals surface area (Å²) in [4.78, 5) is 48.0. The minimum atomic E-state index is -3.54. The van der Waals surface area contributed by atoms with Crippen molar-refractivity contribution in [3.63, 3.8) is 0 Å². The summed E-state index contributed by atoms with van der Waals surface area (Å²) in [5, 5.41) is 34.9. The van der Waals surface area contributed by atoms with Crippen molar-refractivity contribution < 1.29 is 53.6 Å². The lowest BCUT2D eigenvalue weighted by molar-refractivity contribution is -0.140. The van der Waals surface area contributed by atoms with Gasteiger partial charge >= 0.3 is 12.0 Å². The standard InChI is InChI=1S/C23H27N6O4PS.C15H17N5O2S2.C9H13NO2S.C8H11NO.C6H5ClN4S.C6H5N3OS.C4H8O2.C3H5N3.2CH4/c1-15(2)35(31,32)20-9-7-6-8-18(20)26-23-28-22(27-21-12-13-24-29(21)23)25-17-11-10-16(34(4,5)30)14-19(17)33-3;1-10(2)24(21,22)12-7-5-4-6-11(12)17-14-19-15(23-3)18-13-8-9-16-20(13)14;1-7(2)13(11,12)9-6-4-3-5-8(9)10;1-6-3-4-7(9)8(5-6)10-2;1-12-6-9-4-2-3-8-11(4)5(7)10-6;10-6-8-5(11)3-4-1-2-7-9(4)6;1-3-6-4(2)5;4-3-1-2-5-6-3;;/h6-15H,1-5H3,(H2,25,26,27,28);4-10H,1-3H3,(H,17,18,19);3-7H,10H2,1-2H3;3-5H,9H2,1-2H3;2-3H,1H3;1-2H,3H2,(H,8,10,11);3H2,1-2H3;1-2H,(H3,4,5,6);2*1H4. The Bertz CT molecular complexity index is 5970. The number of para-hydroxylation sites is 3. The number of hydrogen-bond acceptors (Lipinski definition) is 32. The van der Waals surface area contributed by atoms with Crippen LogP contribution in [0, 0.1) is 6.92 Å². The molecule has 638 valence electrons. The summed E-state index contributed by atoms with van der Waals surface area (Å²) in [6, 6.07) is 39.4. The smallest absolute Gasteiger partial charge is 0.347 e. The molecule has 119 heavy (non-hydrogen) atoms. The number of aromatic amines is 1. The molecule has 8 aromatic heterocycles. The monoisotopic (exact) mass is 1780 g/mol. The third kappa shape index (κ3) is 27.1. The average Bonchev–Trinajstić information content (AvgIpc) is 1.73. The van der Waals surface area contributed by atoms with Crippen molar-refractivity contribution in [3.05, 3.63) is 187 Å². The van der Waals surface area contributed by atoms with Crippen LogP contribution in [0.4, 0.5) is 56.9 Å². The van der Waals surface area contributed by atoms with E-state index < -0.39 is 52.4 Å². The number of aromatic nitrogens is 16. The molecule has 5 aromatic carbocycles. The van der Waals surface area contributed by atoms with E-state index in [0.29, 0.717) is 96.2 Å². The van der Waals surface area contributed by atoms with Crippen LogP contribution in [0.15, 0.2) is 196 Å². The Hall–Kier alpha value is -11.3. The molecule has 14 rings (SSSR count). The number of anilines is 9. The molecule has 0 radical (unpaired) electrons. The predicted molar refractivity (Wildman–Crippen MR) is 477 cm³/mol. The number of benzene rings is 5. The number of aryl methyl sites for hydroxylation is 1. The molecule has 0 saturated heterocycles. The van der Waals surface area contributed by atoms with E-state index in [4.69, 9.17) is 50.5 Å². The first kappa shape index (κ1) is 98.2. The Morgan fingerprint density at radius 3 is 1.54 bits per heavy atom. The normalized spacial score (nSPS) is 11.5. The Kier molecular flexibility index (Phi) is 37.2. The van der Waals surface area contributed by atoms with E-state index in [-0.39, 0.29) is 53.4 Å². The average molecular weight is 1790 g/mol. The maximum Gasteiger partial charge on any atom is 0.347 e. The molecule has 0 bridgehead atoms. The third-order valence-corrected chi connectivity index (χ3v) is 25.6. The second-order valence-electron chi connectivity index (χ2n) is 25.6. The molecule has 0 fully saturated rings. The van der Waals surface area contributed by atoms with Gasteiger partial charge in [-0.2, -0.15) is 63.7 Å². The van der Waals surface area contributed by atoms with E-state index in [1.54, 1.807) is 220 Å². The SMILES string of the molecule is C.C.CC(C)S(=O)(=O)c1ccccc1N.CCOC(C)=O.COc1cc(C)ccc1N.COc1cc(P(C)(C)=O)ccc1Nc1nc(Nc2ccccc2S(=O)(=O)C(C)C)n2nccc2n1.CSc1nc(Cl)n2nccc2n1.CSc1nc(Nc2ccccc2S(=O)(=O)C(C)C)n2nccc2n1.Nc1ccn[nH]1.O=C1NC(=S)Cc2ccnn21. The molecule has 9 heterocycles. The summed E-state index contributed by atoms with van der Waals surface area (Å²) in [7, 11) is -9.52. The number of carbonyl (C=O) groups is 2. The molecular formula is C76H99ClN23O12PS6. The highest BCUT2D eigenvalue weighted by atomic mass is 35.5. The fourth-order valence-corrected chi connectivity index (χ4v) is 15.4. The summed E-state index contributed by atoms with van der Waals surface area (Å²) in [5.74, 6) is 2.57. The number of H-pyrrole nitrogens is 1. The van der Waals surface area contributed by atoms with Crippen molar-refractivity contribution in [2.75, 3.05) is 79.8 Å². The molecule has 0 aliphatic carbocycles. The number of methoxy groups -OCH3 is 2. The van der Waals surface area contributed by atoms with Crippen LogP contribution in [-0.2, 0) is 50.0 Å². The van der Waals surface area contributed by atoms with Gasteiger partial charge in [-0.3, -0.25) is 15.2 Å². The maximum atomic E-state index is 12.9. The minimum Gasteiger partial charge on any atom is -0.495 e. The predicted octanol–water partition coefficient (Wildman–Crippen LogP) is 13.5. The molecular weight excluding hydrogens is 1690 g/mol. The van der Waals surface area contributed by atoms with Gasteiger partial charge in [0.2, 0.25) is 23.1 Å². The van der Waals surface area contributed by atoms with Gasteiger partial charge in [0.25, 0.3) is 0 Å². The highest BCUT2D eigenvalue weighted by Crippen LogP contribution is 2.39. The molecule has 43 heteroatoms. The van der Waals surface area contributed by atoms with Crippen molar-refractivity contribution in [3.8, 4) is 11.5 Å². The van der Waals surface area contributed by atoms with Crippen molar-refractivity contribution in [2.24, 2.45) is 0 Å². The quantitative estimate of drug-likeness (QED) is 0.0130. The number of thiocarbonyl (C=S) groups is 1. The second kappa shape index (κ2) is 45.0. The number of esters is 1. The maximum absolute atomic E-state index is 12.9. The molecule has 1 aliphatic heterocycles. The number of thioether (sulfide) groups is 2. The number of amides is 1. The lowest BCUT2D eigenvalue weighted by Gasteiger charge is -2.16. The summed E-state index contributed by atoms with van der Waals surface area (Å²) in [5.41, 5.74) is 22.6. The van der Waals surface area contributed by atoms with Gasteiger partial charge < -0.3 is 51.9 Å². The van der Waals surface area contributed by atoms with Crippen molar-refractivity contribution >= 4 is 175 Å². The Morgan fingerprint density at radius 2 is 1.08 bits per heavy atom. The summed E-state index contributed by atoms with van der Waals surface area (Å²) in [6.07, 6.45) is 12.4.